The fourth-order valence-corrected chi connectivity index (χ4v) is 3.76. The van der Waals surface area contributed by atoms with Gasteiger partial charge in [0, 0.05) is 32.1 Å². The fourth-order valence-electron chi connectivity index (χ4n) is 3.76. The highest BCUT2D eigenvalue weighted by molar-refractivity contribution is 5.76. The zero-order valence-corrected chi connectivity index (χ0v) is 16.2. The molecule has 0 saturated carbocycles. The molecule has 0 radical (unpaired) electrons. The van der Waals surface area contributed by atoms with Gasteiger partial charge in [0.1, 0.15) is 0 Å². The molecule has 0 aliphatic carbocycles. The van der Waals surface area contributed by atoms with E-state index in [1.165, 1.54) is 14.7 Å². The molecule has 0 spiro atoms. The minimum Gasteiger partial charge on any atom is -0.396 e. The summed E-state index contributed by atoms with van der Waals surface area (Å²) >= 11 is 0. The van der Waals surface area contributed by atoms with Crippen molar-refractivity contribution in [3.05, 3.63) is 62.6 Å². The second-order valence-electron chi connectivity index (χ2n) is 6.92. The quantitative estimate of drug-likeness (QED) is 0.566. The molecule has 0 fully saturated rings. The van der Waals surface area contributed by atoms with Gasteiger partial charge in [-0.2, -0.15) is 4.98 Å². The Balaban J connectivity index is 2.10. The number of fused-ring (bicyclic) bond motifs is 3. The maximum absolute atomic E-state index is 13.1. The maximum Gasteiger partial charge on any atom is 0.332 e. The molecule has 4 rings (SSSR count). The molecular formula is C20H23N5O3. The molecule has 3 aromatic heterocycles. The molecule has 1 aromatic carbocycles. The number of aromatic nitrogens is 5. The first-order chi connectivity index (χ1) is 13.5. The normalized spacial score (nSPS) is 11.7. The number of aliphatic hydroxyl groups is 1. The van der Waals surface area contributed by atoms with E-state index >= 15 is 0 Å². The largest absolute Gasteiger partial charge is 0.396 e. The Morgan fingerprint density at radius 2 is 1.93 bits per heavy atom. The SMILES string of the molecule is CCc1ccccc1-n1c(C)cn2c3c(=O)n(CCCO)c(=O)n(C)c3nc12. The summed E-state index contributed by atoms with van der Waals surface area (Å²) in [5.74, 6) is 0.598. The molecule has 8 nitrogen and oxygen atoms in total. The molecule has 0 aliphatic rings. The number of hydrogen-bond acceptors (Lipinski definition) is 4. The van der Waals surface area contributed by atoms with Crippen molar-refractivity contribution in [1.82, 2.24) is 23.1 Å². The van der Waals surface area contributed by atoms with Crippen LogP contribution in [0.15, 0.2) is 40.1 Å². The van der Waals surface area contributed by atoms with E-state index in [2.05, 4.69) is 18.0 Å². The van der Waals surface area contributed by atoms with Crippen LogP contribution in [0.3, 0.4) is 0 Å². The lowest BCUT2D eigenvalue weighted by atomic mass is 10.1. The summed E-state index contributed by atoms with van der Waals surface area (Å²) in [7, 11) is 1.61. The molecule has 0 saturated heterocycles. The highest BCUT2D eigenvalue weighted by Crippen LogP contribution is 2.23. The second-order valence-corrected chi connectivity index (χ2v) is 6.92. The Morgan fingerprint density at radius 3 is 2.64 bits per heavy atom. The summed E-state index contributed by atoms with van der Waals surface area (Å²) < 4.78 is 6.33. The lowest BCUT2D eigenvalue weighted by Crippen LogP contribution is -2.39. The summed E-state index contributed by atoms with van der Waals surface area (Å²) in [5, 5.41) is 9.09. The smallest absolute Gasteiger partial charge is 0.332 e. The van der Waals surface area contributed by atoms with Gasteiger partial charge in [-0.25, -0.2) is 4.79 Å². The number of rotatable bonds is 5. The molecule has 0 unspecified atom stereocenters. The standard InChI is InChI=1S/C20H23N5O3/c1-4-14-8-5-6-9-15(14)25-13(2)12-24-16-17(21-19(24)25)22(3)20(28)23(18(16)27)10-7-11-26/h5-6,8-9,12,26H,4,7,10-11H2,1-3H3. The van der Waals surface area contributed by atoms with Crippen LogP contribution in [0.5, 0.6) is 0 Å². The van der Waals surface area contributed by atoms with Crippen LogP contribution >= 0.6 is 0 Å². The molecule has 146 valence electrons. The summed E-state index contributed by atoms with van der Waals surface area (Å²) in [4.78, 5) is 30.3. The highest BCUT2D eigenvalue weighted by atomic mass is 16.3. The van der Waals surface area contributed by atoms with Crippen molar-refractivity contribution in [3.63, 3.8) is 0 Å². The predicted molar refractivity (Wildman–Crippen MR) is 107 cm³/mol. The molecule has 1 N–H and O–H groups in total. The Bertz CT molecular complexity index is 1310. The van der Waals surface area contributed by atoms with E-state index in [9.17, 15) is 9.59 Å². The number of aliphatic hydroxyl groups excluding tert-OH is 1. The minimum absolute atomic E-state index is 0.0846. The van der Waals surface area contributed by atoms with Crippen LogP contribution in [-0.4, -0.2) is 34.8 Å². The topological polar surface area (TPSA) is 86.5 Å². The predicted octanol–water partition coefficient (Wildman–Crippen LogP) is 1.39. The van der Waals surface area contributed by atoms with E-state index < -0.39 is 5.69 Å². The van der Waals surface area contributed by atoms with Crippen LogP contribution in [0.1, 0.15) is 24.6 Å². The number of hydrogen-bond donors (Lipinski definition) is 1. The lowest BCUT2D eigenvalue weighted by Gasteiger charge is -2.10. The summed E-state index contributed by atoms with van der Waals surface area (Å²) in [6.45, 7) is 4.15. The van der Waals surface area contributed by atoms with Crippen molar-refractivity contribution in [3.8, 4) is 5.69 Å². The first-order valence-corrected chi connectivity index (χ1v) is 9.38. The van der Waals surface area contributed by atoms with Crippen molar-refractivity contribution in [2.75, 3.05) is 6.61 Å². The van der Waals surface area contributed by atoms with Gasteiger partial charge in [0.2, 0.25) is 5.78 Å². The average Bonchev–Trinajstić information content (AvgIpc) is 3.20. The minimum atomic E-state index is -0.427. The molecule has 0 amide bonds. The van der Waals surface area contributed by atoms with Crippen LogP contribution in [-0.2, 0) is 20.0 Å². The fraction of sp³-hybridized carbons (Fsp3) is 0.350. The van der Waals surface area contributed by atoms with Gasteiger partial charge in [0.15, 0.2) is 11.2 Å². The molecule has 0 aliphatic heterocycles. The van der Waals surface area contributed by atoms with E-state index in [4.69, 9.17) is 5.11 Å². The third-order valence-electron chi connectivity index (χ3n) is 5.18. The van der Waals surface area contributed by atoms with Gasteiger partial charge >= 0.3 is 5.69 Å². The molecule has 4 aromatic rings. The molecule has 8 heteroatoms. The van der Waals surface area contributed by atoms with Gasteiger partial charge in [-0.3, -0.25) is 22.9 Å². The third-order valence-corrected chi connectivity index (χ3v) is 5.18. The van der Waals surface area contributed by atoms with Crippen molar-refractivity contribution in [2.24, 2.45) is 7.05 Å². The number of aryl methyl sites for hydroxylation is 3. The van der Waals surface area contributed by atoms with Crippen LogP contribution in [0.25, 0.3) is 22.6 Å². The zero-order valence-electron chi connectivity index (χ0n) is 16.2. The first-order valence-electron chi connectivity index (χ1n) is 9.38. The lowest BCUT2D eigenvalue weighted by molar-refractivity contribution is 0.277. The van der Waals surface area contributed by atoms with Gasteiger partial charge < -0.3 is 5.11 Å². The molecular weight excluding hydrogens is 358 g/mol. The van der Waals surface area contributed by atoms with Crippen molar-refractivity contribution >= 4 is 16.9 Å². The Hall–Kier alpha value is -3.13. The average molecular weight is 381 g/mol. The summed E-state index contributed by atoms with van der Waals surface area (Å²) in [6.07, 6.45) is 3.08. The molecule has 0 atom stereocenters. The van der Waals surface area contributed by atoms with Crippen LogP contribution in [0.4, 0.5) is 0 Å². The van der Waals surface area contributed by atoms with Gasteiger partial charge in [-0.15, -0.1) is 0 Å². The molecule has 28 heavy (non-hydrogen) atoms. The number of nitrogens with zero attached hydrogens (tertiary/aromatic N) is 5. The van der Waals surface area contributed by atoms with E-state index in [1.54, 1.807) is 11.4 Å². The van der Waals surface area contributed by atoms with E-state index in [0.29, 0.717) is 23.4 Å². The Kier molecular flexibility index (Phi) is 4.43. The van der Waals surface area contributed by atoms with Gasteiger partial charge in [0.05, 0.1) is 5.69 Å². The van der Waals surface area contributed by atoms with Crippen LogP contribution in [0, 0.1) is 6.92 Å². The summed E-state index contributed by atoms with van der Waals surface area (Å²) in [5.41, 5.74) is 3.03. The Labute approximate surface area is 160 Å². The van der Waals surface area contributed by atoms with Crippen LogP contribution in [0.2, 0.25) is 0 Å². The maximum atomic E-state index is 13.1. The van der Waals surface area contributed by atoms with Gasteiger partial charge in [-0.05, 0) is 31.4 Å². The van der Waals surface area contributed by atoms with Crippen molar-refractivity contribution in [1.29, 1.82) is 0 Å². The highest BCUT2D eigenvalue weighted by Gasteiger charge is 2.21. The van der Waals surface area contributed by atoms with Crippen molar-refractivity contribution in [2.45, 2.75) is 33.2 Å². The third kappa shape index (κ3) is 2.52. The van der Waals surface area contributed by atoms with E-state index in [-0.39, 0.29) is 18.7 Å². The zero-order chi connectivity index (χ0) is 20.0. The van der Waals surface area contributed by atoms with E-state index in [1.807, 2.05) is 35.9 Å². The Morgan fingerprint density at radius 1 is 1.18 bits per heavy atom. The molecule has 3 heterocycles. The van der Waals surface area contributed by atoms with Crippen molar-refractivity contribution < 1.29 is 5.11 Å². The number of benzene rings is 1. The summed E-state index contributed by atoms with van der Waals surface area (Å²) in [6, 6.07) is 8.09. The van der Waals surface area contributed by atoms with Crippen LogP contribution < -0.4 is 11.2 Å². The second kappa shape index (κ2) is 6.79. The number of imidazole rings is 2. The van der Waals surface area contributed by atoms with Gasteiger partial charge in [-0.1, -0.05) is 25.1 Å². The monoisotopic (exact) mass is 381 g/mol. The first kappa shape index (κ1) is 18.2. The van der Waals surface area contributed by atoms with E-state index in [0.717, 1.165) is 17.8 Å². The molecule has 0 bridgehead atoms. The number of para-hydroxylation sites is 1. The van der Waals surface area contributed by atoms with Gasteiger partial charge in [0.25, 0.3) is 5.56 Å².